The second-order valence-corrected chi connectivity index (χ2v) is 10.9. The van der Waals surface area contributed by atoms with E-state index in [0.29, 0.717) is 24.4 Å². The van der Waals surface area contributed by atoms with Gasteiger partial charge in [-0.1, -0.05) is 58.2 Å². The van der Waals surface area contributed by atoms with Crippen molar-refractivity contribution in [3.05, 3.63) is 59.2 Å². The molecule has 0 atom stereocenters. The summed E-state index contributed by atoms with van der Waals surface area (Å²) in [7, 11) is -2.24. The fourth-order valence-electron chi connectivity index (χ4n) is 3.71. The van der Waals surface area contributed by atoms with Gasteiger partial charge in [-0.2, -0.15) is 8.42 Å². The van der Waals surface area contributed by atoms with E-state index in [-0.39, 0.29) is 23.3 Å². The van der Waals surface area contributed by atoms with Gasteiger partial charge < -0.3 is 13.8 Å². The van der Waals surface area contributed by atoms with Crippen LogP contribution in [0.1, 0.15) is 74.9 Å². The first-order chi connectivity index (χ1) is 16.2. The van der Waals surface area contributed by atoms with Gasteiger partial charge in [-0.25, -0.2) is 0 Å². The Kier molecular flexibility index (Phi) is 10.9. The lowest BCUT2D eigenvalue weighted by molar-refractivity contribution is 0.0722. The predicted molar refractivity (Wildman–Crippen MR) is 137 cm³/mol. The van der Waals surface area contributed by atoms with Crippen LogP contribution in [0.2, 0.25) is 0 Å². The van der Waals surface area contributed by atoms with E-state index in [2.05, 4.69) is 20.8 Å². The Morgan fingerprint density at radius 1 is 0.941 bits per heavy atom. The highest BCUT2D eigenvalue weighted by molar-refractivity contribution is 7.87. The van der Waals surface area contributed by atoms with Gasteiger partial charge in [0.1, 0.15) is 0 Å². The quantitative estimate of drug-likeness (QED) is 0.246. The summed E-state index contributed by atoms with van der Waals surface area (Å²) in [5.74, 6) is 0.539. The lowest BCUT2D eigenvalue weighted by atomic mass is 10.0. The van der Waals surface area contributed by atoms with Crippen molar-refractivity contribution in [3.8, 4) is 11.5 Å². The molecule has 0 aliphatic rings. The lowest BCUT2D eigenvalue weighted by Gasteiger charge is -2.25. The maximum Gasteiger partial charge on any atom is 0.309 e. The van der Waals surface area contributed by atoms with Crippen LogP contribution < -0.4 is 8.92 Å². The molecule has 6 nitrogen and oxygen atoms in total. The standard InChI is InChI=1S/C27H39NO5S/c1-6-8-9-10-11-22-12-15-24(16-13-22)27(29)28(19-21(3)4)20-23-14-17-25(32-5)26(18-23)33-34(30,31)7-2/h12-18,21H,6-11,19-20H2,1-5H3. The van der Waals surface area contributed by atoms with E-state index in [0.717, 1.165) is 18.4 Å². The van der Waals surface area contributed by atoms with Gasteiger partial charge in [-0.05, 0) is 61.1 Å². The molecular formula is C27H39NO5S. The Hall–Kier alpha value is -2.54. The van der Waals surface area contributed by atoms with Crippen molar-refractivity contribution in [2.45, 2.75) is 66.3 Å². The number of ether oxygens (including phenoxy) is 1. The maximum absolute atomic E-state index is 13.4. The second-order valence-electron chi connectivity index (χ2n) is 9.00. The van der Waals surface area contributed by atoms with Gasteiger partial charge in [0.15, 0.2) is 11.5 Å². The second kappa shape index (κ2) is 13.4. The molecule has 0 aromatic heterocycles. The van der Waals surface area contributed by atoms with E-state index in [1.165, 1.54) is 38.9 Å². The van der Waals surface area contributed by atoms with Crippen LogP contribution >= 0.6 is 0 Å². The minimum absolute atomic E-state index is 0.0503. The monoisotopic (exact) mass is 489 g/mol. The number of amides is 1. The molecule has 0 saturated heterocycles. The summed E-state index contributed by atoms with van der Waals surface area (Å²) >= 11 is 0. The zero-order valence-corrected chi connectivity index (χ0v) is 22.0. The Morgan fingerprint density at radius 3 is 2.21 bits per heavy atom. The fraction of sp³-hybridized carbons (Fsp3) is 0.519. The summed E-state index contributed by atoms with van der Waals surface area (Å²) in [4.78, 5) is 15.1. The van der Waals surface area contributed by atoms with Gasteiger partial charge in [0.25, 0.3) is 5.91 Å². The van der Waals surface area contributed by atoms with Gasteiger partial charge in [0.2, 0.25) is 0 Å². The molecule has 0 unspecified atom stereocenters. The van der Waals surface area contributed by atoms with E-state index in [9.17, 15) is 13.2 Å². The summed E-state index contributed by atoms with van der Waals surface area (Å²) in [5.41, 5.74) is 2.66. The molecule has 34 heavy (non-hydrogen) atoms. The van der Waals surface area contributed by atoms with Gasteiger partial charge in [0.05, 0.1) is 12.9 Å². The van der Waals surface area contributed by atoms with Crippen molar-refractivity contribution in [1.29, 1.82) is 0 Å². The zero-order chi connectivity index (χ0) is 25.1. The third-order valence-electron chi connectivity index (χ3n) is 5.56. The van der Waals surface area contributed by atoms with Crippen molar-refractivity contribution in [3.63, 3.8) is 0 Å². The first kappa shape index (κ1) is 27.7. The summed E-state index contributed by atoms with van der Waals surface area (Å²) in [5, 5.41) is 0. The van der Waals surface area contributed by atoms with Crippen LogP contribution in [0.15, 0.2) is 42.5 Å². The molecule has 0 fully saturated rings. The van der Waals surface area contributed by atoms with Gasteiger partial charge >= 0.3 is 10.1 Å². The van der Waals surface area contributed by atoms with E-state index in [1.807, 2.05) is 30.3 Å². The first-order valence-electron chi connectivity index (χ1n) is 12.2. The summed E-state index contributed by atoms with van der Waals surface area (Å²) < 4.78 is 34.5. The van der Waals surface area contributed by atoms with Gasteiger partial charge in [0, 0.05) is 18.7 Å². The van der Waals surface area contributed by atoms with Crippen molar-refractivity contribution < 1.29 is 22.1 Å². The molecule has 0 bridgehead atoms. The van der Waals surface area contributed by atoms with Crippen molar-refractivity contribution >= 4 is 16.0 Å². The van der Waals surface area contributed by atoms with Crippen LogP contribution in [0.5, 0.6) is 11.5 Å². The Labute approximate surface area is 205 Å². The molecule has 2 rings (SSSR count). The van der Waals surface area contributed by atoms with Crippen molar-refractivity contribution in [2.24, 2.45) is 5.92 Å². The molecule has 0 spiro atoms. The molecule has 0 N–H and O–H groups in total. The largest absolute Gasteiger partial charge is 0.493 e. The molecule has 7 heteroatoms. The smallest absolute Gasteiger partial charge is 0.309 e. The van der Waals surface area contributed by atoms with Crippen LogP contribution in [0.3, 0.4) is 0 Å². The van der Waals surface area contributed by atoms with Crippen molar-refractivity contribution in [1.82, 2.24) is 4.90 Å². The third kappa shape index (κ3) is 8.67. The molecule has 188 valence electrons. The highest BCUT2D eigenvalue weighted by Crippen LogP contribution is 2.30. The Bertz CT molecular complexity index is 1020. The van der Waals surface area contributed by atoms with E-state index < -0.39 is 10.1 Å². The highest BCUT2D eigenvalue weighted by Gasteiger charge is 2.20. The number of methoxy groups -OCH3 is 1. The van der Waals surface area contributed by atoms with Crippen LogP contribution in [-0.2, 0) is 23.1 Å². The van der Waals surface area contributed by atoms with Crippen LogP contribution in [0.4, 0.5) is 0 Å². The topological polar surface area (TPSA) is 72.9 Å². The van der Waals surface area contributed by atoms with E-state index >= 15 is 0 Å². The van der Waals surface area contributed by atoms with Crippen molar-refractivity contribution in [2.75, 3.05) is 19.4 Å². The Balaban J connectivity index is 2.20. The molecule has 2 aromatic rings. The molecule has 0 aliphatic heterocycles. The summed E-state index contributed by atoms with van der Waals surface area (Å²) in [6.07, 6.45) is 5.89. The SMILES string of the molecule is CCCCCCc1ccc(C(=O)N(Cc2ccc(OC)c(OS(=O)(=O)CC)c2)CC(C)C)cc1. The van der Waals surface area contributed by atoms with E-state index in [4.69, 9.17) is 8.92 Å². The fourth-order valence-corrected chi connectivity index (χ4v) is 4.23. The van der Waals surface area contributed by atoms with Crippen LogP contribution in [0, 0.1) is 5.92 Å². The molecule has 2 aromatic carbocycles. The average Bonchev–Trinajstić information content (AvgIpc) is 2.81. The minimum Gasteiger partial charge on any atom is -0.493 e. The average molecular weight is 490 g/mol. The molecule has 0 saturated carbocycles. The molecule has 0 aliphatic carbocycles. The molecule has 0 heterocycles. The van der Waals surface area contributed by atoms with Gasteiger partial charge in [-0.15, -0.1) is 0 Å². The first-order valence-corrected chi connectivity index (χ1v) is 13.7. The zero-order valence-electron chi connectivity index (χ0n) is 21.2. The van der Waals surface area contributed by atoms with Crippen LogP contribution in [-0.4, -0.2) is 38.6 Å². The van der Waals surface area contributed by atoms with Gasteiger partial charge in [-0.3, -0.25) is 4.79 Å². The number of hydrogen-bond donors (Lipinski definition) is 0. The molecule has 1 amide bonds. The minimum atomic E-state index is -3.70. The Morgan fingerprint density at radius 2 is 1.62 bits per heavy atom. The third-order valence-corrected chi connectivity index (χ3v) is 6.71. The maximum atomic E-state index is 13.4. The van der Waals surface area contributed by atoms with Crippen LogP contribution in [0.25, 0.3) is 0 Å². The van der Waals surface area contributed by atoms with E-state index in [1.54, 1.807) is 17.0 Å². The number of carbonyl (C=O) groups is 1. The number of carbonyl (C=O) groups excluding carboxylic acids is 1. The number of aryl methyl sites for hydroxylation is 1. The number of rotatable bonds is 14. The normalized spacial score (nSPS) is 11.5. The number of hydrogen-bond acceptors (Lipinski definition) is 5. The highest BCUT2D eigenvalue weighted by atomic mass is 32.2. The summed E-state index contributed by atoms with van der Waals surface area (Å²) in [6, 6.07) is 13.0. The number of benzene rings is 2. The molecular weight excluding hydrogens is 450 g/mol. The summed E-state index contributed by atoms with van der Waals surface area (Å²) in [6.45, 7) is 8.77. The predicted octanol–water partition coefficient (Wildman–Crippen LogP) is 5.84. The molecule has 0 radical (unpaired) electrons. The number of unbranched alkanes of at least 4 members (excludes halogenated alkanes) is 3. The lowest BCUT2D eigenvalue weighted by Crippen LogP contribution is -2.33. The number of nitrogens with zero attached hydrogens (tertiary/aromatic N) is 1.